The number of fused-ring (bicyclic) bond motifs is 1. The first kappa shape index (κ1) is 18.9. The second-order valence-electron chi connectivity index (χ2n) is 8.49. The van der Waals surface area contributed by atoms with Crippen LogP contribution in [0.5, 0.6) is 0 Å². The van der Waals surface area contributed by atoms with E-state index in [0.717, 1.165) is 32.8 Å². The highest BCUT2D eigenvalue weighted by Gasteiger charge is 2.35. The van der Waals surface area contributed by atoms with E-state index in [2.05, 4.69) is 28.9 Å². The number of nitrogens with zero attached hydrogens (tertiary/aromatic N) is 3. The first-order valence-electron chi connectivity index (χ1n) is 9.97. The van der Waals surface area contributed by atoms with E-state index >= 15 is 0 Å². The number of hydrogen-bond donors (Lipinski definition) is 1. The molecule has 5 heteroatoms. The zero-order chi connectivity index (χ0) is 17.9. The van der Waals surface area contributed by atoms with Gasteiger partial charge in [-0.05, 0) is 64.0 Å². The van der Waals surface area contributed by atoms with Crippen molar-refractivity contribution in [3.8, 4) is 0 Å². The normalized spacial score (nSPS) is 26.4. The molecular formula is C20H36N4O. The van der Waals surface area contributed by atoms with Crippen LogP contribution in [-0.4, -0.2) is 55.6 Å². The fraction of sp³-hybridized carbons (Fsp3) is 0.850. The van der Waals surface area contributed by atoms with Crippen molar-refractivity contribution in [3.63, 3.8) is 0 Å². The molecule has 2 aliphatic rings. The lowest BCUT2D eigenvalue weighted by molar-refractivity contribution is 0.0580. The van der Waals surface area contributed by atoms with Crippen LogP contribution in [0.4, 0.5) is 0 Å². The summed E-state index contributed by atoms with van der Waals surface area (Å²) in [6.07, 6.45) is 7.58. The lowest BCUT2D eigenvalue weighted by atomic mass is 9.70. The maximum absolute atomic E-state index is 5.47. The van der Waals surface area contributed by atoms with Gasteiger partial charge in [0.25, 0.3) is 0 Å². The van der Waals surface area contributed by atoms with Gasteiger partial charge in [0.2, 0.25) is 0 Å². The molecule has 1 aromatic heterocycles. The Morgan fingerprint density at radius 2 is 2.12 bits per heavy atom. The molecule has 0 atom stereocenters. The van der Waals surface area contributed by atoms with Gasteiger partial charge in [0.1, 0.15) is 0 Å². The third-order valence-electron chi connectivity index (χ3n) is 6.22. The minimum absolute atomic E-state index is 0.366. The Morgan fingerprint density at radius 3 is 2.80 bits per heavy atom. The van der Waals surface area contributed by atoms with Crippen LogP contribution in [0.25, 0.3) is 0 Å². The summed E-state index contributed by atoms with van der Waals surface area (Å²) in [5, 5.41) is 8.26. The van der Waals surface area contributed by atoms with Gasteiger partial charge in [-0.2, -0.15) is 5.10 Å². The molecule has 0 bridgehead atoms. The van der Waals surface area contributed by atoms with Crippen molar-refractivity contribution in [1.29, 1.82) is 0 Å². The lowest BCUT2D eigenvalue weighted by Gasteiger charge is -2.37. The lowest BCUT2D eigenvalue weighted by Crippen LogP contribution is -2.29. The average molecular weight is 349 g/mol. The molecule has 0 unspecified atom stereocenters. The van der Waals surface area contributed by atoms with Crippen molar-refractivity contribution < 1.29 is 4.74 Å². The van der Waals surface area contributed by atoms with Crippen molar-refractivity contribution in [2.45, 2.75) is 64.5 Å². The summed E-state index contributed by atoms with van der Waals surface area (Å²) in [5.41, 5.74) is 4.85. The molecule has 0 saturated heterocycles. The maximum atomic E-state index is 5.47. The quantitative estimate of drug-likeness (QED) is 0.784. The van der Waals surface area contributed by atoms with E-state index in [4.69, 9.17) is 9.84 Å². The molecule has 1 fully saturated rings. The van der Waals surface area contributed by atoms with Crippen LogP contribution in [0.2, 0.25) is 0 Å². The number of hydrogen-bond acceptors (Lipinski definition) is 4. The molecule has 1 aliphatic heterocycles. The summed E-state index contributed by atoms with van der Waals surface area (Å²) in [5.74, 6) is 0.694. The molecule has 2 heterocycles. The summed E-state index contributed by atoms with van der Waals surface area (Å²) in [6, 6.07) is 0. The Bertz CT molecular complexity index is 560. The Hall–Kier alpha value is -0.910. The molecule has 5 nitrogen and oxygen atoms in total. The van der Waals surface area contributed by atoms with Crippen molar-refractivity contribution in [2.24, 2.45) is 5.41 Å². The number of nitrogens with one attached hydrogen (secondary N) is 1. The predicted octanol–water partition coefficient (Wildman–Crippen LogP) is 2.79. The van der Waals surface area contributed by atoms with Gasteiger partial charge in [0, 0.05) is 44.5 Å². The Balaban J connectivity index is 1.74. The Morgan fingerprint density at radius 1 is 1.36 bits per heavy atom. The van der Waals surface area contributed by atoms with E-state index in [-0.39, 0.29) is 0 Å². The molecule has 0 aromatic carbocycles. The van der Waals surface area contributed by atoms with Gasteiger partial charge >= 0.3 is 0 Å². The predicted molar refractivity (Wildman–Crippen MR) is 102 cm³/mol. The fourth-order valence-electron chi connectivity index (χ4n) is 4.73. The molecule has 3 rings (SSSR count). The monoisotopic (exact) mass is 348 g/mol. The Kier molecular flexibility index (Phi) is 6.18. The van der Waals surface area contributed by atoms with Crippen LogP contribution >= 0.6 is 0 Å². The smallest absolute Gasteiger partial charge is 0.0802 e. The van der Waals surface area contributed by atoms with E-state index in [0.29, 0.717) is 11.3 Å². The molecule has 142 valence electrons. The van der Waals surface area contributed by atoms with E-state index < -0.39 is 0 Å². The van der Waals surface area contributed by atoms with Crippen molar-refractivity contribution in [2.75, 3.05) is 40.9 Å². The number of rotatable bonds is 8. The van der Waals surface area contributed by atoms with Crippen LogP contribution in [0.1, 0.15) is 61.9 Å². The van der Waals surface area contributed by atoms with Crippen LogP contribution in [0.15, 0.2) is 0 Å². The average Bonchev–Trinajstić information content (AvgIpc) is 3.15. The zero-order valence-electron chi connectivity index (χ0n) is 16.6. The summed E-state index contributed by atoms with van der Waals surface area (Å²) in [7, 11) is 6.06. The van der Waals surface area contributed by atoms with Crippen LogP contribution in [0, 0.1) is 5.41 Å². The number of aromatic nitrogens is 2. The molecule has 25 heavy (non-hydrogen) atoms. The van der Waals surface area contributed by atoms with Crippen LogP contribution in [-0.2, 0) is 24.2 Å². The first-order chi connectivity index (χ1) is 12.1. The SMILES string of the molecule is CNCCN(C)Cc1nn2c(c1C1CCC(C)(COC)CC1)CCC2. The summed E-state index contributed by atoms with van der Waals surface area (Å²) in [4.78, 5) is 2.40. The molecule has 1 saturated carbocycles. The van der Waals surface area contributed by atoms with Crippen molar-refractivity contribution in [3.05, 3.63) is 17.0 Å². The van der Waals surface area contributed by atoms with E-state index in [1.54, 1.807) is 5.56 Å². The standard InChI is InChI=1S/C20H36N4O/c1-20(15-25-4)9-7-16(8-10-20)19-17(14-23(3)13-11-21-2)22-24-12-5-6-18(19)24/h16,21H,5-15H2,1-4H3. The molecule has 0 amide bonds. The second-order valence-corrected chi connectivity index (χ2v) is 8.49. The van der Waals surface area contributed by atoms with Gasteiger partial charge in [-0.1, -0.05) is 6.92 Å². The van der Waals surface area contributed by atoms with Crippen LogP contribution in [0.3, 0.4) is 0 Å². The molecular weight excluding hydrogens is 312 g/mol. The van der Waals surface area contributed by atoms with Crippen molar-refractivity contribution >= 4 is 0 Å². The maximum Gasteiger partial charge on any atom is 0.0802 e. The summed E-state index contributed by atoms with van der Waals surface area (Å²) < 4.78 is 7.77. The first-order valence-corrected chi connectivity index (χ1v) is 9.97. The van der Waals surface area contributed by atoms with Gasteiger partial charge in [0.15, 0.2) is 0 Å². The highest BCUT2D eigenvalue weighted by Crippen LogP contribution is 2.45. The zero-order valence-corrected chi connectivity index (χ0v) is 16.6. The third kappa shape index (κ3) is 4.26. The molecule has 0 spiro atoms. The number of likely N-dealkylation sites (N-methyl/N-ethyl adjacent to an activating group) is 2. The highest BCUT2D eigenvalue weighted by molar-refractivity contribution is 5.33. The van der Waals surface area contributed by atoms with E-state index in [9.17, 15) is 0 Å². The largest absolute Gasteiger partial charge is 0.384 e. The van der Waals surface area contributed by atoms with Gasteiger partial charge < -0.3 is 10.1 Å². The fourth-order valence-corrected chi connectivity index (χ4v) is 4.73. The highest BCUT2D eigenvalue weighted by atomic mass is 16.5. The second kappa shape index (κ2) is 8.19. The number of aryl methyl sites for hydroxylation is 1. The van der Waals surface area contributed by atoms with Gasteiger partial charge in [-0.3, -0.25) is 9.58 Å². The van der Waals surface area contributed by atoms with E-state index in [1.165, 1.54) is 49.9 Å². The molecule has 1 N–H and O–H groups in total. The van der Waals surface area contributed by atoms with Gasteiger partial charge in [0.05, 0.1) is 12.3 Å². The third-order valence-corrected chi connectivity index (χ3v) is 6.22. The number of methoxy groups -OCH3 is 1. The van der Waals surface area contributed by atoms with Crippen molar-refractivity contribution in [1.82, 2.24) is 20.0 Å². The minimum atomic E-state index is 0.366. The van der Waals surface area contributed by atoms with Gasteiger partial charge in [-0.15, -0.1) is 0 Å². The Labute approximate surface area is 153 Å². The molecule has 0 radical (unpaired) electrons. The summed E-state index contributed by atoms with van der Waals surface area (Å²) >= 11 is 0. The molecule has 1 aromatic rings. The summed E-state index contributed by atoms with van der Waals surface area (Å²) in [6.45, 7) is 7.46. The van der Waals surface area contributed by atoms with Gasteiger partial charge in [-0.25, -0.2) is 0 Å². The van der Waals surface area contributed by atoms with Crippen LogP contribution < -0.4 is 5.32 Å². The minimum Gasteiger partial charge on any atom is -0.384 e. The topological polar surface area (TPSA) is 42.3 Å². The number of ether oxygens (including phenoxy) is 1. The molecule has 1 aliphatic carbocycles. The van der Waals surface area contributed by atoms with E-state index in [1.807, 2.05) is 14.2 Å².